The molecule has 6 atom stereocenters. The highest BCUT2D eigenvalue weighted by Crippen LogP contribution is 2.38. The Kier molecular flexibility index (Phi) is 5.14. The molecule has 3 heteroatoms. The summed E-state index contributed by atoms with van der Waals surface area (Å²) in [5, 5.41) is 2.97. The van der Waals surface area contributed by atoms with Crippen LogP contribution in [0.5, 0.6) is 0 Å². The predicted octanol–water partition coefficient (Wildman–Crippen LogP) is 2.62. The van der Waals surface area contributed by atoms with Crippen molar-refractivity contribution < 1.29 is 0 Å². The molecule has 2 saturated carbocycles. The lowest BCUT2D eigenvalue weighted by Gasteiger charge is -2.38. The van der Waals surface area contributed by atoms with E-state index in [1.165, 1.54) is 44.9 Å². The summed E-state index contributed by atoms with van der Waals surface area (Å²) in [5.74, 6) is 3.32. The van der Waals surface area contributed by atoms with Gasteiger partial charge in [0, 0.05) is 6.04 Å². The molecule has 0 heterocycles. The highest BCUT2D eigenvalue weighted by atomic mass is 14.8. The summed E-state index contributed by atoms with van der Waals surface area (Å²) >= 11 is 0. The lowest BCUT2D eigenvalue weighted by Crippen LogP contribution is -2.39. The molecular weight excluding hydrogens is 219 g/mol. The molecule has 102 valence electrons. The normalized spacial score (nSPS) is 45.9. The quantitative estimate of drug-likeness (QED) is 0.753. The van der Waals surface area contributed by atoms with Crippen molar-refractivity contribution in [2.75, 3.05) is 0 Å². The van der Waals surface area contributed by atoms with E-state index >= 15 is 0 Å². The van der Waals surface area contributed by atoms with Crippen LogP contribution in [0.4, 0.5) is 0 Å². The predicted molar refractivity (Wildman–Crippen MR) is 78.3 cm³/mol. The van der Waals surface area contributed by atoms with Gasteiger partial charge in [0.1, 0.15) is 0 Å². The minimum absolute atomic E-state index is 0.456. The van der Waals surface area contributed by atoms with Crippen molar-refractivity contribution in [1.29, 1.82) is 0 Å². The fraction of sp³-hybridized carbons (Fsp3) is 1.00. The molecule has 2 radical (unpaired) electrons. The first-order valence-electron chi connectivity index (χ1n) is 7.81. The molecule has 2 nitrogen and oxygen atoms in total. The average Bonchev–Trinajstić information content (AvgIpc) is 2.34. The molecule has 0 aromatic carbocycles. The molecular formula is C15H29BN2. The summed E-state index contributed by atoms with van der Waals surface area (Å²) in [6.07, 6.45) is 9.34. The van der Waals surface area contributed by atoms with Crippen LogP contribution in [0, 0.1) is 23.7 Å². The van der Waals surface area contributed by atoms with Crippen molar-refractivity contribution >= 4 is 7.98 Å². The zero-order valence-corrected chi connectivity index (χ0v) is 12.1. The molecule has 6 unspecified atom stereocenters. The van der Waals surface area contributed by atoms with Gasteiger partial charge in [0.25, 0.3) is 0 Å². The first kappa shape index (κ1) is 14.4. The van der Waals surface area contributed by atoms with Crippen LogP contribution < -0.4 is 11.0 Å². The number of rotatable bonds is 3. The van der Waals surface area contributed by atoms with Crippen LogP contribution >= 0.6 is 0 Å². The number of hydrogen-bond donors (Lipinski definition) is 2. The van der Waals surface area contributed by atoms with Crippen LogP contribution in [0.3, 0.4) is 0 Å². The summed E-state index contributed by atoms with van der Waals surface area (Å²) in [4.78, 5) is 0. The lowest BCUT2D eigenvalue weighted by molar-refractivity contribution is 0.165. The third-order valence-corrected chi connectivity index (χ3v) is 5.50. The van der Waals surface area contributed by atoms with Crippen LogP contribution in [-0.4, -0.2) is 20.1 Å². The molecule has 18 heavy (non-hydrogen) atoms. The van der Waals surface area contributed by atoms with Gasteiger partial charge in [-0.05, 0) is 74.7 Å². The fourth-order valence-corrected chi connectivity index (χ4v) is 4.19. The van der Waals surface area contributed by atoms with E-state index < -0.39 is 0 Å². The van der Waals surface area contributed by atoms with E-state index in [-0.39, 0.29) is 0 Å². The smallest absolute Gasteiger partial charge is 0.178 e. The molecule has 0 spiro atoms. The molecule has 2 aliphatic rings. The van der Waals surface area contributed by atoms with E-state index in [2.05, 4.69) is 19.1 Å². The average molecular weight is 248 g/mol. The van der Waals surface area contributed by atoms with Crippen molar-refractivity contribution in [3.63, 3.8) is 0 Å². The molecule has 0 bridgehead atoms. The van der Waals surface area contributed by atoms with E-state index in [4.69, 9.17) is 13.7 Å². The van der Waals surface area contributed by atoms with Gasteiger partial charge in [-0.3, -0.25) is 0 Å². The van der Waals surface area contributed by atoms with E-state index in [0.29, 0.717) is 12.1 Å². The minimum atomic E-state index is 0.456. The van der Waals surface area contributed by atoms with Crippen LogP contribution in [0.2, 0.25) is 0 Å². The summed E-state index contributed by atoms with van der Waals surface area (Å²) in [6, 6.07) is 0.998. The van der Waals surface area contributed by atoms with Crippen molar-refractivity contribution in [3.8, 4) is 0 Å². The lowest BCUT2D eigenvalue weighted by atomic mass is 9.70. The second kappa shape index (κ2) is 6.43. The van der Waals surface area contributed by atoms with Crippen LogP contribution in [-0.2, 0) is 0 Å². The van der Waals surface area contributed by atoms with Gasteiger partial charge >= 0.3 is 0 Å². The summed E-state index contributed by atoms with van der Waals surface area (Å²) in [7, 11) is 5.59. The Hall–Kier alpha value is -0.0151. The maximum absolute atomic E-state index is 6.11. The van der Waals surface area contributed by atoms with Gasteiger partial charge in [0.2, 0.25) is 0 Å². The van der Waals surface area contributed by atoms with E-state index in [9.17, 15) is 0 Å². The molecule has 2 fully saturated rings. The molecule has 3 N–H and O–H groups in total. The second-order valence-corrected chi connectivity index (χ2v) is 6.99. The van der Waals surface area contributed by atoms with Crippen molar-refractivity contribution in [1.82, 2.24) is 5.23 Å². The third kappa shape index (κ3) is 3.51. The number of nitrogens with two attached hydrogens (primary N) is 1. The van der Waals surface area contributed by atoms with Gasteiger partial charge in [-0.15, -0.1) is 0 Å². The Morgan fingerprint density at radius 3 is 2.17 bits per heavy atom. The molecule has 2 aliphatic carbocycles. The van der Waals surface area contributed by atoms with Crippen molar-refractivity contribution in [3.05, 3.63) is 0 Å². The monoisotopic (exact) mass is 248 g/mol. The Labute approximate surface area is 114 Å². The maximum Gasteiger partial charge on any atom is 0.178 e. The fourth-order valence-electron chi connectivity index (χ4n) is 4.19. The molecule has 0 aliphatic heterocycles. The van der Waals surface area contributed by atoms with Gasteiger partial charge < -0.3 is 11.0 Å². The highest BCUT2D eigenvalue weighted by molar-refractivity contribution is 6.04. The SMILES string of the molecule is [B]NC1CCC(CC2CCC(N)C(C)C2)CC1C. The number of nitrogens with one attached hydrogen (secondary N) is 1. The Bertz CT molecular complexity index is 259. The third-order valence-electron chi connectivity index (χ3n) is 5.50. The van der Waals surface area contributed by atoms with Crippen LogP contribution in [0.15, 0.2) is 0 Å². The minimum Gasteiger partial charge on any atom is -0.363 e. The van der Waals surface area contributed by atoms with E-state index in [1.54, 1.807) is 0 Å². The topological polar surface area (TPSA) is 38.0 Å². The van der Waals surface area contributed by atoms with Gasteiger partial charge in [0.15, 0.2) is 7.98 Å². The zero-order valence-electron chi connectivity index (χ0n) is 12.1. The summed E-state index contributed by atoms with van der Waals surface area (Å²) < 4.78 is 0. The molecule has 0 amide bonds. The van der Waals surface area contributed by atoms with Gasteiger partial charge in [0.05, 0.1) is 0 Å². The number of hydrogen-bond acceptors (Lipinski definition) is 2. The van der Waals surface area contributed by atoms with Gasteiger partial charge in [-0.1, -0.05) is 13.8 Å². The first-order chi connectivity index (χ1) is 8.60. The largest absolute Gasteiger partial charge is 0.363 e. The van der Waals surface area contributed by atoms with Gasteiger partial charge in [-0.2, -0.15) is 0 Å². The molecule has 2 rings (SSSR count). The van der Waals surface area contributed by atoms with Gasteiger partial charge in [-0.25, -0.2) is 0 Å². The Morgan fingerprint density at radius 1 is 1.00 bits per heavy atom. The second-order valence-electron chi connectivity index (χ2n) is 6.99. The van der Waals surface area contributed by atoms with Crippen molar-refractivity contribution in [2.24, 2.45) is 29.4 Å². The molecule has 0 aromatic heterocycles. The summed E-state index contributed by atoms with van der Waals surface area (Å²) in [6.45, 7) is 4.67. The zero-order chi connectivity index (χ0) is 13.1. The van der Waals surface area contributed by atoms with Crippen molar-refractivity contribution in [2.45, 2.75) is 70.9 Å². The molecule has 0 aromatic rings. The Balaban J connectivity index is 1.77. The molecule has 0 saturated heterocycles. The summed E-state index contributed by atoms with van der Waals surface area (Å²) in [5.41, 5.74) is 6.11. The van der Waals surface area contributed by atoms with E-state index in [1.807, 2.05) is 0 Å². The Morgan fingerprint density at radius 2 is 1.61 bits per heavy atom. The van der Waals surface area contributed by atoms with Crippen LogP contribution in [0.25, 0.3) is 0 Å². The highest BCUT2D eigenvalue weighted by Gasteiger charge is 2.30. The standard InChI is InChI=1S/C15H29BN2/c1-10-7-12(3-5-14(10)17)9-13-4-6-15(18-16)11(2)8-13/h10-15,18H,3-9,17H2,1-2H3. The first-order valence-corrected chi connectivity index (χ1v) is 7.81. The maximum atomic E-state index is 6.11. The van der Waals surface area contributed by atoms with Crippen LogP contribution in [0.1, 0.15) is 58.8 Å². The van der Waals surface area contributed by atoms with E-state index in [0.717, 1.165) is 23.7 Å².